The van der Waals surface area contributed by atoms with Crippen LogP contribution in [0, 0.1) is 0 Å². The molecule has 0 saturated carbocycles. The number of ether oxygens (including phenoxy) is 2. The zero-order valence-electron chi connectivity index (χ0n) is 17.1. The zero-order chi connectivity index (χ0) is 22.1. The Kier molecular flexibility index (Phi) is 7.59. The molecule has 3 rings (SSSR count). The van der Waals surface area contributed by atoms with Gasteiger partial charge in [-0.05, 0) is 37.6 Å². The molecule has 31 heavy (non-hydrogen) atoms. The van der Waals surface area contributed by atoms with Crippen molar-refractivity contribution in [2.75, 3.05) is 19.8 Å². The van der Waals surface area contributed by atoms with Gasteiger partial charge in [-0.15, -0.1) is 0 Å². The number of benzene rings is 2. The molecule has 0 atom stereocenters. The number of carbonyl (C=O) groups excluding carboxylic acids is 2. The highest BCUT2D eigenvalue weighted by Crippen LogP contribution is 2.19. The highest BCUT2D eigenvalue weighted by molar-refractivity contribution is 5.96. The molecule has 0 aliphatic heterocycles. The molecule has 0 spiro atoms. The van der Waals surface area contributed by atoms with E-state index >= 15 is 0 Å². The quantitative estimate of drug-likeness (QED) is 0.246. The van der Waals surface area contributed by atoms with Gasteiger partial charge in [0, 0.05) is 23.6 Å². The second-order valence-electron chi connectivity index (χ2n) is 6.57. The molecule has 0 radical (unpaired) electrons. The Balaban J connectivity index is 1.44. The molecule has 0 unspecified atom stereocenters. The molecular weight excluding hydrogens is 398 g/mol. The van der Waals surface area contributed by atoms with Gasteiger partial charge in [0.25, 0.3) is 5.91 Å². The monoisotopic (exact) mass is 421 g/mol. The van der Waals surface area contributed by atoms with Gasteiger partial charge in [0.2, 0.25) is 0 Å². The van der Waals surface area contributed by atoms with Gasteiger partial charge < -0.3 is 19.2 Å². The molecule has 1 heterocycles. The first kappa shape index (κ1) is 21.8. The van der Waals surface area contributed by atoms with Crippen LogP contribution in [0.25, 0.3) is 17.0 Å². The van der Waals surface area contributed by atoms with Gasteiger partial charge in [0.15, 0.2) is 0 Å². The fourth-order valence-corrected chi connectivity index (χ4v) is 2.87. The molecular formula is C24H23NO6. The minimum Gasteiger partial charge on any atom is -0.493 e. The Morgan fingerprint density at radius 1 is 1.10 bits per heavy atom. The van der Waals surface area contributed by atoms with E-state index in [-0.39, 0.29) is 18.7 Å². The third-order valence-electron chi connectivity index (χ3n) is 4.35. The number of hydrogen-bond donors (Lipinski definition) is 1. The van der Waals surface area contributed by atoms with E-state index in [0.717, 1.165) is 5.56 Å². The molecule has 0 saturated heterocycles. The normalized spacial score (nSPS) is 10.9. The Hall–Kier alpha value is -3.87. The number of amides is 1. The smallest absolute Gasteiger partial charge is 0.349 e. The van der Waals surface area contributed by atoms with Crippen molar-refractivity contribution < 1.29 is 23.5 Å². The Morgan fingerprint density at radius 3 is 2.71 bits per heavy atom. The molecule has 160 valence electrons. The second kappa shape index (κ2) is 10.8. The molecule has 1 amide bonds. The van der Waals surface area contributed by atoms with Gasteiger partial charge in [0.1, 0.15) is 16.9 Å². The molecule has 0 aliphatic rings. The Labute approximate surface area is 179 Å². The van der Waals surface area contributed by atoms with Crippen molar-refractivity contribution in [3.05, 3.63) is 82.2 Å². The molecule has 1 N–H and O–H groups in total. The van der Waals surface area contributed by atoms with Gasteiger partial charge in [0.05, 0.1) is 13.2 Å². The summed E-state index contributed by atoms with van der Waals surface area (Å²) in [5.41, 5.74) is 0.447. The van der Waals surface area contributed by atoms with E-state index in [4.69, 9.17) is 13.9 Å². The molecule has 1 aromatic heterocycles. The average Bonchev–Trinajstić information content (AvgIpc) is 2.78. The summed E-state index contributed by atoms with van der Waals surface area (Å²) in [6.45, 7) is 2.79. The van der Waals surface area contributed by atoms with Crippen LogP contribution in [0.2, 0.25) is 0 Å². The highest BCUT2D eigenvalue weighted by Gasteiger charge is 2.13. The average molecular weight is 421 g/mol. The first-order valence-electron chi connectivity index (χ1n) is 9.96. The maximum Gasteiger partial charge on any atom is 0.349 e. The molecule has 0 bridgehead atoms. The lowest BCUT2D eigenvalue weighted by Crippen LogP contribution is -2.29. The van der Waals surface area contributed by atoms with E-state index in [0.29, 0.717) is 29.7 Å². The van der Waals surface area contributed by atoms with E-state index in [2.05, 4.69) is 5.32 Å². The van der Waals surface area contributed by atoms with Crippen molar-refractivity contribution in [2.24, 2.45) is 0 Å². The summed E-state index contributed by atoms with van der Waals surface area (Å²) >= 11 is 0. The third kappa shape index (κ3) is 6.05. The van der Waals surface area contributed by atoms with E-state index < -0.39 is 17.5 Å². The minimum absolute atomic E-state index is 0.0633. The summed E-state index contributed by atoms with van der Waals surface area (Å²) in [7, 11) is 0. The molecule has 0 aliphatic carbocycles. The number of nitrogens with one attached hydrogen (secondary N) is 1. The van der Waals surface area contributed by atoms with Crippen LogP contribution in [0.4, 0.5) is 0 Å². The van der Waals surface area contributed by atoms with Crippen molar-refractivity contribution >= 4 is 28.9 Å². The van der Waals surface area contributed by atoms with Crippen LogP contribution in [-0.4, -0.2) is 31.6 Å². The van der Waals surface area contributed by atoms with E-state index in [9.17, 15) is 14.4 Å². The summed E-state index contributed by atoms with van der Waals surface area (Å²) in [5, 5.41) is 3.30. The molecule has 7 heteroatoms. The number of fused-ring (bicyclic) bond motifs is 1. The van der Waals surface area contributed by atoms with Crippen LogP contribution in [0.1, 0.15) is 29.3 Å². The lowest BCUT2D eigenvalue weighted by molar-refractivity contribution is -0.137. The van der Waals surface area contributed by atoms with Gasteiger partial charge in [-0.3, -0.25) is 4.79 Å². The molecule has 7 nitrogen and oxygen atoms in total. The summed E-state index contributed by atoms with van der Waals surface area (Å²) in [6, 6.07) is 15.8. The number of esters is 1. The van der Waals surface area contributed by atoms with Gasteiger partial charge in [-0.25, -0.2) is 9.59 Å². The molecule has 3 aromatic rings. The molecule has 0 fully saturated rings. The van der Waals surface area contributed by atoms with Gasteiger partial charge >= 0.3 is 11.6 Å². The topological polar surface area (TPSA) is 94.8 Å². The van der Waals surface area contributed by atoms with Crippen LogP contribution >= 0.6 is 0 Å². The Bertz CT molecular complexity index is 1150. The number of carbonyl (C=O) groups is 2. The highest BCUT2D eigenvalue weighted by atomic mass is 16.5. The lowest BCUT2D eigenvalue weighted by atomic mass is 10.2. The van der Waals surface area contributed by atoms with Crippen molar-refractivity contribution in [1.82, 2.24) is 5.32 Å². The predicted molar refractivity (Wildman–Crippen MR) is 117 cm³/mol. The number of para-hydroxylation sites is 2. The first-order valence-corrected chi connectivity index (χ1v) is 9.96. The maximum atomic E-state index is 12.2. The van der Waals surface area contributed by atoms with Crippen molar-refractivity contribution in [1.29, 1.82) is 0 Å². The fraction of sp³-hybridized carbons (Fsp3) is 0.208. The van der Waals surface area contributed by atoms with Crippen LogP contribution in [0.15, 0.2) is 69.9 Å². The zero-order valence-corrected chi connectivity index (χ0v) is 17.1. The summed E-state index contributed by atoms with van der Waals surface area (Å²) in [5.74, 6) is -0.332. The second-order valence-corrected chi connectivity index (χ2v) is 6.57. The fourth-order valence-electron chi connectivity index (χ4n) is 2.87. The van der Waals surface area contributed by atoms with Crippen molar-refractivity contribution in [2.45, 2.75) is 13.3 Å². The van der Waals surface area contributed by atoms with Crippen molar-refractivity contribution in [3.8, 4) is 5.75 Å². The number of hydrogen-bond acceptors (Lipinski definition) is 6. The number of rotatable bonds is 9. The van der Waals surface area contributed by atoms with Crippen LogP contribution in [-0.2, 0) is 9.53 Å². The summed E-state index contributed by atoms with van der Waals surface area (Å²) < 4.78 is 15.8. The predicted octanol–water partition coefficient (Wildman–Crippen LogP) is 3.57. The minimum atomic E-state index is -0.694. The van der Waals surface area contributed by atoms with Crippen LogP contribution in [0.3, 0.4) is 0 Å². The SMILES string of the molecule is CCOc1ccccc1/C=C/C(=O)OCCCNC(=O)c1cc2ccccc2oc1=O. The lowest BCUT2D eigenvalue weighted by Gasteiger charge is -2.07. The summed E-state index contributed by atoms with van der Waals surface area (Å²) in [6.07, 6.45) is 3.37. The maximum absolute atomic E-state index is 12.2. The van der Waals surface area contributed by atoms with Crippen molar-refractivity contribution in [3.63, 3.8) is 0 Å². The summed E-state index contributed by atoms with van der Waals surface area (Å²) in [4.78, 5) is 36.1. The standard InChI is InChI=1S/C24H23NO6/c1-2-29-20-10-5-3-8-17(20)12-13-22(26)30-15-7-14-25-23(27)19-16-18-9-4-6-11-21(18)31-24(19)28/h3-6,8-13,16H,2,7,14-15H2,1H3,(H,25,27)/b13-12+. The van der Waals surface area contributed by atoms with Gasteiger partial charge in [-0.1, -0.05) is 36.4 Å². The largest absolute Gasteiger partial charge is 0.493 e. The first-order chi connectivity index (χ1) is 15.1. The molecule has 2 aromatic carbocycles. The Morgan fingerprint density at radius 2 is 1.87 bits per heavy atom. The van der Waals surface area contributed by atoms with E-state index in [1.165, 1.54) is 12.1 Å². The van der Waals surface area contributed by atoms with Gasteiger partial charge in [-0.2, -0.15) is 0 Å². The van der Waals surface area contributed by atoms with E-state index in [1.807, 2.05) is 31.2 Å². The van der Waals surface area contributed by atoms with Crippen LogP contribution in [0.5, 0.6) is 5.75 Å². The van der Waals surface area contributed by atoms with E-state index in [1.54, 1.807) is 30.3 Å². The third-order valence-corrected chi connectivity index (χ3v) is 4.35. The van der Waals surface area contributed by atoms with Crippen LogP contribution < -0.4 is 15.7 Å².